The van der Waals surface area contributed by atoms with E-state index in [0.29, 0.717) is 30.7 Å². The first kappa shape index (κ1) is 14.1. The molecule has 1 unspecified atom stereocenters. The Labute approximate surface area is 104 Å². The highest BCUT2D eigenvalue weighted by Gasteiger charge is 2.11. The zero-order valence-corrected chi connectivity index (χ0v) is 11.6. The fraction of sp³-hybridized carbons (Fsp3) is 0.800. The number of hydrogen-bond acceptors (Lipinski definition) is 6. The summed E-state index contributed by atoms with van der Waals surface area (Å²) in [5.74, 6) is 1.11. The van der Waals surface area contributed by atoms with Gasteiger partial charge in [0.2, 0.25) is 5.89 Å². The third-order valence-electron chi connectivity index (χ3n) is 1.90. The van der Waals surface area contributed by atoms with Gasteiger partial charge in [-0.3, -0.25) is 4.21 Å². The average molecular weight is 260 g/mol. The first-order valence-electron chi connectivity index (χ1n) is 5.48. The fourth-order valence-corrected chi connectivity index (χ4v) is 1.43. The Hall–Kier alpha value is -0.950. The molecule has 0 saturated heterocycles. The van der Waals surface area contributed by atoms with Crippen molar-refractivity contribution in [3.05, 3.63) is 5.89 Å². The standard InChI is InChI=1S/C10H20N4O2S/c1-10(2,3)12-7-8-13-14-9(16-8)11-5-6-17(4)15/h12H,5-7H2,1-4H3,(H,11,14). The van der Waals surface area contributed by atoms with E-state index in [1.54, 1.807) is 6.26 Å². The maximum Gasteiger partial charge on any atom is 0.315 e. The molecular formula is C10H20N4O2S. The van der Waals surface area contributed by atoms with E-state index in [9.17, 15) is 4.21 Å². The first-order valence-corrected chi connectivity index (χ1v) is 7.21. The Morgan fingerprint density at radius 2 is 2.06 bits per heavy atom. The molecule has 1 heterocycles. The smallest absolute Gasteiger partial charge is 0.315 e. The van der Waals surface area contributed by atoms with Crippen LogP contribution in [0.1, 0.15) is 26.7 Å². The van der Waals surface area contributed by atoms with Gasteiger partial charge in [-0.05, 0) is 20.8 Å². The van der Waals surface area contributed by atoms with E-state index in [0.717, 1.165) is 0 Å². The summed E-state index contributed by atoms with van der Waals surface area (Å²) in [5.41, 5.74) is 0.0151. The summed E-state index contributed by atoms with van der Waals surface area (Å²) in [6.07, 6.45) is 1.66. The molecule has 0 amide bonds. The van der Waals surface area contributed by atoms with Gasteiger partial charge in [0.15, 0.2) is 0 Å². The number of anilines is 1. The van der Waals surface area contributed by atoms with Crippen LogP contribution >= 0.6 is 0 Å². The van der Waals surface area contributed by atoms with Crippen LogP contribution in [0.15, 0.2) is 4.42 Å². The van der Waals surface area contributed by atoms with Gasteiger partial charge in [-0.25, -0.2) is 0 Å². The van der Waals surface area contributed by atoms with Gasteiger partial charge < -0.3 is 15.1 Å². The van der Waals surface area contributed by atoms with Gasteiger partial charge in [0.25, 0.3) is 0 Å². The average Bonchev–Trinajstić information content (AvgIpc) is 2.61. The molecule has 2 N–H and O–H groups in total. The number of aromatic nitrogens is 2. The van der Waals surface area contributed by atoms with Gasteiger partial charge in [0, 0.05) is 34.9 Å². The molecule has 6 nitrogen and oxygen atoms in total. The zero-order valence-electron chi connectivity index (χ0n) is 10.7. The lowest BCUT2D eigenvalue weighted by Gasteiger charge is -2.18. The van der Waals surface area contributed by atoms with Crippen LogP contribution < -0.4 is 10.6 Å². The maximum absolute atomic E-state index is 10.8. The second kappa shape index (κ2) is 6.11. The largest absolute Gasteiger partial charge is 0.407 e. The molecule has 0 bridgehead atoms. The molecule has 1 aromatic heterocycles. The van der Waals surface area contributed by atoms with Crippen molar-refractivity contribution in [1.29, 1.82) is 0 Å². The van der Waals surface area contributed by atoms with Crippen LogP contribution in [0.5, 0.6) is 0 Å². The highest BCUT2D eigenvalue weighted by Crippen LogP contribution is 2.07. The van der Waals surface area contributed by atoms with Gasteiger partial charge in [0.1, 0.15) is 0 Å². The lowest BCUT2D eigenvalue weighted by atomic mass is 10.1. The molecule has 0 aliphatic carbocycles. The molecule has 0 saturated carbocycles. The summed E-state index contributed by atoms with van der Waals surface area (Å²) in [6, 6.07) is 0.376. The van der Waals surface area contributed by atoms with Gasteiger partial charge >= 0.3 is 6.01 Å². The Morgan fingerprint density at radius 1 is 1.35 bits per heavy atom. The van der Waals surface area contributed by atoms with E-state index >= 15 is 0 Å². The molecular weight excluding hydrogens is 240 g/mol. The minimum absolute atomic E-state index is 0.0151. The van der Waals surface area contributed by atoms with E-state index in [-0.39, 0.29) is 5.54 Å². The van der Waals surface area contributed by atoms with Crippen LogP contribution in [0.2, 0.25) is 0 Å². The number of nitrogens with one attached hydrogen (secondary N) is 2. The first-order chi connectivity index (χ1) is 7.87. The minimum Gasteiger partial charge on any atom is -0.407 e. The Morgan fingerprint density at radius 3 is 2.65 bits per heavy atom. The lowest BCUT2D eigenvalue weighted by molar-refractivity contribution is 0.384. The highest BCUT2D eigenvalue weighted by molar-refractivity contribution is 7.84. The predicted molar refractivity (Wildman–Crippen MR) is 68.3 cm³/mol. The summed E-state index contributed by atoms with van der Waals surface area (Å²) in [6.45, 7) is 7.31. The molecule has 7 heteroatoms. The van der Waals surface area contributed by atoms with Crippen molar-refractivity contribution in [2.75, 3.05) is 23.9 Å². The van der Waals surface area contributed by atoms with Gasteiger partial charge in [-0.15, -0.1) is 5.10 Å². The Bertz CT molecular complexity index is 373. The molecule has 0 fully saturated rings. The third-order valence-corrected chi connectivity index (χ3v) is 2.68. The van der Waals surface area contributed by atoms with Crippen molar-refractivity contribution >= 4 is 16.8 Å². The van der Waals surface area contributed by atoms with E-state index < -0.39 is 10.8 Å². The third kappa shape index (κ3) is 6.38. The topological polar surface area (TPSA) is 80.0 Å². The zero-order chi connectivity index (χ0) is 12.9. The molecule has 0 aromatic carbocycles. The van der Waals surface area contributed by atoms with Crippen molar-refractivity contribution in [2.24, 2.45) is 0 Å². The number of nitrogens with zero attached hydrogens (tertiary/aromatic N) is 2. The molecule has 0 radical (unpaired) electrons. The SMILES string of the molecule is CS(=O)CCNc1nnc(CNC(C)(C)C)o1. The van der Waals surface area contributed by atoms with Crippen molar-refractivity contribution < 1.29 is 8.63 Å². The highest BCUT2D eigenvalue weighted by atomic mass is 32.2. The number of rotatable bonds is 6. The summed E-state index contributed by atoms with van der Waals surface area (Å²) in [5, 5.41) is 13.9. The van der Waals surface area contributed by atoms with E-state index in [1.165, 1.54) is 0 Å². The molecule has 1 atom stereocenters. The van der Waals surface area contributed by atoms with Gasteiger partial charge in [0.05, 0.1) is 6.54 Å². The maximum atomic E-state index is 10.8. The fourth-order valence-electron chi connectivity index (χ4n) is 1.04. The molecule has 0 spiro atoms. The number of hydrogen-bond donors (Lipinski definition) is 2. The molecule has 1 rings (SSSR count). The van der Waals surface area contributed by atoms with Crippen molar-refractivity contribution in [1.82, 2.24) is 15.5 Å². The van der Waals surface area contributed by atoms with Crippen LogP contribution in [-0.2, 0) is 17.3 Å². The van der Waals surface area contributed by atoms with Gasteiger partial charge in [-0.2, -0.15) is 0 Å². The van der Waals surface area contributed by atoms with Gasteiger partial charge in [-0.1, -0.05) is 5.10 Å². The molecule has 0 aliphatic rings. The van der Waals surface area contributed by atoms with Crippen LogP contribution in [0.3, 0.4) is 0 Å². The van der Waals surface area contributed by atoms with E-state index in [1.807, 2.05) is 0 Å². The van der Waals surface area contributed by atoms with Crippen LogP contribution in [0, 0.1) is 0 Å². The monoisotopic (exact) mass is 260 g/mol. The predicted octanol–water partition coefficient (Wildman–Crippen LogP) is 0.748. The molecule has 0 aliphatic heterocycles. The summed E-state index contributed by atoms with van der Waals surface area (Å²) < 4.78 is 16.2. The summed E-state index contributed by atoms with van der Waals surface area (Å²) in [7, 11) is -0.812. The second-order valence-electron chi connectivity index (χ2n) is 4.81. The van der Waals surface area contributed by atoms with Crippen LogP contribution in [-0.4, -0.2) is 38.5 Å². The quantitative estimate of drug-likeness (QED) is 0.785. The lowest BCUT2D eigenvalue weighted by Crippen LogP contribution is -2.35. The summed E-state index contributed by atoms with van der Waals surface area (Å²) >= 11 is 0. The van der Waals surface area contributed by atoms with Crippen molar-refractivity contribution in [2.45, 2.75) is 32.9 Å². The Balaban J connectivity index is 2.35. The van der Waals surface area contributed by atoms with E-state index in [2.05, 4.69) is 41.6 Å². The minimum atomic E-state index is -0.812. The van der Waals surface area contributed by atoms with Crippen LogP contribution in [0.25, 0.3) is 0 Å². The van der Waals surface area contributed by atoms with Crippen LogP contribution in [0.4, 0.5) is 6.01 Å². The second-order valence-corrected chi connectivity index (χ2v) is 6.36. The summed E-state index contributed by atoms with van der Waals surface area (Å²) in [4.78, 5) is 0. The van der Waals surface area contributed by atoms with E-state index in [4.69, 9.17) is 4.42 Å². The molecule has 1 aromatic rings. The molecule has 98 valence electrons. The van der Waals surface area contributed by atoms with Crippen molar-refractivity contribution in [3.63, 3.8) is 0 Å². The Kier molecular flexibility index (Phi) is 5.07. The molecule has 17 heavy (non-hydrogen) atoms. The van der Waals surface area contributed by atoms with Crippen molar-refractivity contribution in [3.8, 4) is 0 Å². The normalized spacial score (nSPS) is 13.6.